The number of nitriles is 1. The average molecular weight is 233 g/mol. The van der Waals surface area contributed by atoms with E-state index in [1.807, 2.05) is 0 Å². The Kier molecular flexibility index (Phi) is 4.41. The molecule has 0 fully saturated rings. The van der Waals surface area contributed by atoms with Gasteiger partial charge in [-0.15, -0.1) is 0 Å². The van der Waals surface area contributed by atoms with Gasteiger partial charge in [0.15, 0.2) is 0 Å². The third-order valence-electron chi connectivity index (χ3n) is 2.29. The van der Waals surface area contributed by atoms with E-state index in [-0.39, 0.29) is 0 Å². The molecule has 0 aromatic heterocycles. The van der Waals surface area contributed by atoms with E-state index < -0.39 is 0 Å². The van der Waals surface area contributed by atoms with Crippen molar-refractivity contribution in [3.63, 3.8) is 0 Å². The summed E-state index contributed by atoms with van der Waals surface area (Å²) in [6, 6.07) is 5.56. The second kappa shape index (κ2) is 5.80. The van der Waals surface area contributed by atoms with Crippen molar-refractivity contribution >= 4 is 6.08 Å². The maximum atomic E-state index is 8.80. The lowest BCUT2D eigenvalue weighted by Gasteiger charge is -2.12. The second-order valence-corrected chi connectivity index (χ2v) is 3.38. The summed E-state index contributed by atoms with van der Waals surface area (Å²) < 4.78 is 15.7. The zero-order valence-corrected chi connectivity index (χ0v) is 10.4. The molecule has 0 aliphatic heterocycles. The van der Waals surface area contributed by atoms with Crippen LogP contribution in [0.5, 0.6) is 17.2 Å². The van der Waals surface area contributed by atoms with Crippen LogP contribution in [-0.4, -0.2) is 21.3 Å². The molecule has 0 spiro atoms. The van der Waals surface area contributed by atoms with Gasteiger partial charge in [0.1, 0.15) is 17.2 Å². The minimum absolute atomic E-state index is 0.576. The van der Waals surface area contributed by atoms with Gasteiger partial charge in [-0.1, -0.05) is 0 Å². The first kappa shape index (κ1) is 12.9. The highest BCUT2D eigenvalue weighted by molar-refractivity contribution is 5.69. The fraction of sp³-hybridized carbons (Fsp3) is 0.308. The average Bonchev–Trinajstić information content (AvgIpc) is 2.38. The molecule has 4 heteroatoms. The zero-order chi connectivity index (χ0) is 12.8. The Morgan fingerprint density at radius 1 is 1.12 bits per heavy atom. The van der Waals surface area contributed by atoms with Crippen LogP contribution < -0.4 is 14.2 Å². The predicted molar refractivity (Wildman–Crippen MR) is 65.4 cm³/mol. The van der Waals surface area contributed by atoms with Crippen LogP contribution in [0, 0.1) is 11.3 Å². The predicted octanol–water partition coefficient (Wildman–Crippen LogP) is 2.64. The van der Waals surface area contributed by atoms with Crippen molar-refractivity contribution in [3.05, 3.63) is 23.3 Å². The summed E-state index contributed by atoms with van der Waals surface area (Å²) in [5, 5.41) is 8.80. The molecule has 4 nitrogen and oxygen atoms in total. The Labute approximate surface area is 101 Å². The van der Waals surface area contributed by atoms with Crippen LogP contribution >= 0.6 is 0 Å². The van der Waals surface area contributed by atoms with Crippen molar-refractivity contribution in [3.8, 4) is 23.3 Å². The van der Waals surface area contributed by atoms with Gasteiger partial charge in [0.2, 0.25) is 0 Å². The van der Waals surface area contributed by atoms with E-state index in [1.165, 1.54) is 0 Å². The zero-order valence-electron chi connectivity index (χ0n) is 10.4. The topological polar surface area (TPSA) is 51.5 Å². The van der Waals surface area contributed by atoms with Crippen LogP contribution in [0.2, 0.25) is 0 Å². The summed E-state index contributed by atoms with van der Waals surface area (Å²) in [5.41, 5.74) is 1.31. The largest absolute Gasteiger partial charge is 0.496 e. The van der Waals surface area contributed by atoms with Crippen molar-refractivity contribution in [2.75, 3.05) is 21.3 Å². The number of benzene rings is 1. The van der Waals surface area contributed by atoms with Crippen molar-refractivity contribution < 1.29 is 14.2 Å². The number of methoxy groups -OCH3 is 3. The van der Waals surface area contributed by atoms with Gasteiger partial charge in [-0.05, 0) is 13.0 Å². The Bertz CT molecular complexity index is 447. The van der Waals surface area contributed by atoms with E-state index in [0.29, 0.717) is 22.8 Å². The lowest BCUT2D eigenvalue weighted by Crippen LogP contribution is -1.95. The Morgan fingerprint density at radius 2 is 1.65 bits per heavy atom. The number of rotatable bonds is 4. The van der Waals surface area contributed by atoms with Gasteiger partial charge < -0.3 is 14.2 Å². The summed E-state index contributed by atoms with van der Waals surface area (Å²) in [6.45, 7) is 1.73. The van der Waals surface area contributed by atoms with E-state index >= 15 is 0 Å². The minimum Gasteiger partial charge on any atom is -0.496 e. The van der Waals surface area contributed by atoms with Crippen molar-refractivity contribution in [1.29, 1.82) is 5.26 Å². The van der Waals surface area contributed by atoms with Crippen molar-refractivity contribution in [2.24, 2.45) is 0 Å². The van der Waals surface area contributed by atoms with Gasteiger partial charge in [-0.2, -0.15) is 5.26 Å². The van der Waals surface area contributed by atoms with E-state index in [4.69, 9.17) is 19.5 Å². The van der Waals surface area contributed by atoms with Gasteiger partial charge in [0, 0.05) is 17.7 Å². The highest BCUT2D eigenvalue weighted by Gasteiger charge is 2.11. The molecule has 17 heavy (non-hydrogen) atoms. The Morgan fingerprint density at radius 3 is 2.00 bits per heavy atom. The maximum absolute atomic E-state index is 8.80. The number of hydrogen-bond donors (Lipinski definition) is 0. The molecule has 0 atom stereocenters. The summed E-state index contributed by atoms with van der Waals surface area (Å²) in [4.78, 5) is 0. The molecule has 0 bridgehead atoms. The van der Waals surface area contributed by atoms with Crippen molar-refractivity contribution in [1.82, 2.24) is 0 Å². The lowest BCUT2D eigenvalue weighted by atomic mass is 10.1. The molecule has 90 valence electrons. The van der Waals surface area contributed by atoms with E-state index in [1.54, 1.807) is 46.5 Å². The van der Waals surface area contributed by atoms with Gasteiger partial charge >= 0.3 is 0 Å². The molecule has 0 N–H and O–H groups in total. The van der Waals surface area contributed by atoms with Crippen LogP contribution in [0.4, 0.5) is 0 Å². The van der Waals surface area contributed by atoms with Crippen LogP contribution in [0.3, 0.4) is 0 Å². The Hall–Kier alpha value is -2.15. The number of ether oxygens (including phenoxy) is 3. The fourth-order valence-electron chi connectivity index (χ4n) is 1.42. The van der Waals surface area contributed by atoms with Crippen molar-refractivity contribution in [2.45, 2.75) is 6.92 Å². The van der Waals surface area contributed by atoms with E-state index in [2.05, 4.69) is 6.07 Å². The van der Waals surface area contributed by atoms with Crippen LogP contribution in [-0.2, 0) is 0 Å². The summed E-state index contributed by atoms with van der Waals surface area (Å²) in [6.07, 6.45) is 1.72. The Balaban J connectivity index is 3.41. The van der Waals surface area contributed by atoms with Gasteiger partial charge in [0.05, 0.1) is 33.0 Å². The van der Waals surface area contributed by atoms with E-state index in [9.17, 15) is 0 Å². The smallest absolute Gasteiger partial charge is 0.133 e. The molecule has 0 saturated carbocycles. The number of nitrogens with zero attached hydrogens (tertiary/aromatic N) is 1. The molecule has 1 aromatic rings. The molecular weight excluding hydrogens is 218 g/mol. The third-order valence-corrected chi connectivity index (χ3v) is 2.29. The highest BCUT2D eigenvalue weighted by atomic mass is 16.5. The summed E-state index contributed by atoms with van der Waals surface area (Å²) >= 11 is 0. The summed E-state index contributed by atoms with van der Waals surface area (Å²) in [7, 11) is 4.70. The quantitative estimate of drug-likeness (QED) is 0.750. The number of allylic oxidation sites excluding steroid dienone is 1. The molecule has 1 rings (SSSR count). The summed E-state index contributed by atoms with van der Waals surface area (Å²) in [5.74, 6) is 1.86. The molecule has 0 aliphatic rings. The molecule has 0 aliphatic carbocycles. The highest BCUT2D eigenvalue weighted by Crippen LogP contribution is 2.35. The van der Waals surface area contributed by atoms with Crippen LogP contribution in [0.25, 0.3) is 6.08 Å². The first-order valence-electron chi connectivity index (χ1n) is 5.04. The SMILES string of the molecule is COc1cc(OC)c(/C=C(\C)C#N)c(OC)c1. The second-order valence-electron chi connectivity index (χ2n) is 3.38. The normalized spacial score (nSPS) is 10.6. The monoisotopic (exact) mass is 233 g/mol. The maximum Gasteiger partial charge on any atom is 0.133 e. The van der Waals surface area contributed by atoms with Gasteiger partial charge in [-0.3, -0.25) is 0 Å². The fourth-order valence-corrected chi connectivity index (χ4v) is 1.42. The number of hydrogen-bond acceptors (Lipinski definition) is 4. The van der Waals surface area contributed by atoms with Gasteiger partial charge in [-0.25, -0.2) is 0 Å². The molecule has 0 radical (unpaired) electrons. The standard InChI is InChI=1S/C13H15NO3/c1-9(8-14)5-11-12(16-3)6-10(15-2)7-13(11)17-4/h5-7H,1-4H3/b9-5+. The molecule has 0 amide bonds. The molecule has 1 aromatic carbocycles. The minimum atomic E-state index is 0.576. The molecule has 0 unspecified atom stereocenters. The van der Waals surface area contributed by atoms with E-state index in [0.717, 1.165) is 5.56 Å². The third kappa shape index (κ3) is 2.91. The van der Waals surface area contributed by atoms with Crippen LogP contribution in [0.15, 0.2) is 17.7 Å². The van der Waals surface area contributed by atoms with Gasteiger partial charge in [0.25, 0.3) is 0 Å². The molecular formula is C13H15NO3. The molecule has 0 heterocycles. The van der Waals surface area contributed by atoms with Crippen LogP contribution in [0.1, 0.15) is 12.5 Å². The lowest BCUT2D eigenvalue weighted by molar-refractivity contribution is 0.374. The molecule has 0 saturated heterocycles. The first-order valence-corrected chi connectivity index (χ1v) is 5.04. The first-order chi connectivity index (χ1) is 8.15.